The molecule has 0 bridgehead atoms. The number of nitrogens with one attached hydrogen (secondary N) is 1. The first kappa shape index (κ1) is 15.5. The Bertz CT molecular complexity index is 959. The summed E-state index contributed by atoms with van der Waals surface area (Å²) < 4.78 is 7.47. The smallest absolute Gasteiger partial charge is 0.265 e. The Balaban J connectivity index is 1.88. The first-order valence-electron chi connectivity index (χ1n) is 6.97. The van der Waals surface area contributed by atoms with E-state index in [2.05, 4.69) is 26.2 Å². The molecule has 3 rings (SSSR count). The van der Waals surface area contributed by atoms with Crippen LogP contribution in [-0.2, 0) is 11.3 Å². The summed E-state index contributed by atoms with van der Waals surface area (Å²) in [5, 5.41) is 3.17. The number of anilines is 1. The molecule has 23 heavy (non-hydrogen) atoms. The van der Waals surface area contributed by atoms with E-state index in [1.165, 1.54) is 10.9 Å². The van der Waals surface area contributed by atoms with Gasteiger partial charge in [-0.25, -0.2) is 4.98 Å². The van der Waals surface area contributed by atoms with Crippen molar-refractivity contribution in [2.24, 2.45) is 0 Å². The Morgan fingerprint density at radius 1 is 1.35 bits per heavy atom. The SMILES string of the molecule is Cc1oc2ncn(CC(=O)Nc3ccccc3Br)c(=O)c2c1C. The van der Waals surface area contributed by atoms with Gasteiger partial charge < -0.3 is 9.73 Å². The normalized spacial score (nSPS) is 10.9. The van der Waals surface area contributed by atoms with E-state index in [0.717, 1.165) is 10.0 Å². The molecule has 118 valence electrons. The zero-order valence-corrected chi connectivity index (χ0v) is 14.2. The summed E-state index contributed by atoms with van der Waals surface area (Å²) in [7, 11) is 0. The molecule has 3 aromatic rings. The number of para-hydroxylation sites is 1. The summed E-state index contributed by atoms with van der Waals surface area (Å²) >= 11 is 3.36. The van der Waals surface area contributed by atoms with Crippen LogP contribution in [0.15, 0.2) is 44.3 Å². The Hall–Kier alpha value is -2.41. The van der Waals surface area contributed by atoms with Gasteiger partial charge in [0.25, 0.3) is 5.56 Å². The number of halogens is 1. The minimum absolute atomic E-state index is 0.118. The molecule has 0 saturated heterocycles. The van der Waals surface area contributed by atoms with Crippen LogP contribution in [0.4, 0.5) is 5.69 Å². The number of benzene rings is 1. The molecule has 0 spiro atoms. The zero-order chi connectivity index (χ0) is 16.6. The van der Waals surface area contributed by atoms with Gasteiger partial charge in [0.05, 0.1) is 5.69 Å². The lowest BCUT2D eigenvalue weighted by molar-refractivity contribution is -0.116. The third-order valence-corrected chi connectivity index (χ3v) is 4.31. The van der Waals surface area contributed by atoms with Crippen LogP contribution in [0, 0.1) is 13.8 Å². The molecule has 7 heteroatoms. The number of aryl methyl sites for hydroxylation is 2. The molecule has 0 aliphatic heterocycles. The summed E-state index contributed by atoms with van der Waals surface area (Å²) in [6.45, 7) is 3.46. The fourth-order valence-electron chi connectivity index (χ4n) is 2.29. The lowest BCUT2D eigenvalue weighted by Crippen LogP contribution is -2.28. The van der Waals surface area contributed by atoms with Crippen LogP contribution in [0.3, 0.4) is 0 Å². The van der Waals surface area contributed by atoms with Gasteiger partial charge in [0.2, 0.25) is 11.6 Å². The van der Waals surface area contributed by atoms with Crippen molar-refractivity contribution in [2.75, 3.05) is 5.32 Å². The number of carbonyl (C=O) groups is 1. The maximum atomic E-state index is 12.5. The molecule has 2 heterocycles. The lowest BCUT2D eigenvalue weighted by Gasteiger charge is -2.08. The number of aromatic nitrogens is 2. The van der Waals surface area contributed by atoms with Gasteiger partial charge in [-0.2, -0.15) is 0 Å². The number of amides is 1. The molecule has 1 N–H and O–H groups in total. The van der Waals surface area contributed by atoms with Gasteiger partial charge in [-0.3, -0.25) is 14.2 Å². The molecule has 1 amide bonds. The van der Waals surface area contributed by atoms with E-state index < -0.39 is 0 Å². The van der Waals surface area contributed by atoms with E-state index in [4.69, 9.17) is 4.42 Å². The monoisotopic (exact) mass is 375 g/mol. The van der Waals surface area contributed by atoms with Crippen molar-refractivity contribution in [2.45, 2.75) is 20.4 Å². The molecular weight excluding hydrogens is 362 g/mol. The molecule has 0 aliphatic carbocycles. The number of fused-ring (bicyclic) bond motifs is 1. The summed E-state index contributed by atoms with van der Waals surface area (Å²) in [4.78, 5) is 28.8. The van der Waals surface area contributed by atoms with Gasteiger partial charge in [-0.1, -0.05) is 12.1 Å². The highest BCUT2D eigenvalue weighted by atomic mass is 79.9. The molecule has 0 atom stereocenters. The van der Waals surface area contributed by atoms with Crippen LogP contribution in [0.1, 0.15) is 11.3 Å². The van der Waals surface area contributed by atoms with Crippen molar-refractivity contribution in [1.29, 1.82) is 0 Å². The number of furan rings is 1. The fourth-order valence-corrected chi connectivity index (χ4v) is 2.67. The minimum atomic E-state index is -0.307. The van der Waals surface area contributed by atoms with Gasteiger partial charge in [-0.05, 0) is 41.9 Å². The van der Waals surface area contributed by atoms with Crippen molar-refractivity contribution in [3.8, 4) is 0 Å². The third kappa shape index (κ3) is 2.92. The van der Waals surface area contributed by atoms with Gasteiger partial charge in [0.15, 0.2) is 0 Å². The second-order valence-corrected chi connectivity index (χ2v) is 6.02. The predicted molar refractivity (Wildman–Crippen MR) is 90.5 cm³/mol. The highest BCUT2D eigenvalue weighted by Crippen LogP contribution is 2.21. The van der Waals surface area contributed by atoms with Crippen LogP contribution >= 0.6 is 15.9 Å². The topological polar surface area (TPSA) is 77.1 Å². The Labute approximate surface area is 140 Å². The number of hydrogen-bond acceptors (Lipinski definition) is 4. The van der Waals surface area contributed by atoms with Gasteiger partial charge in [-0.15, -0.1) is 0 Å². The Morgan fingerprint density at radius 3 is 2.83 bits per heavy atom. The second-order valence-electron chi connectivity index (χ2n) is 5.17. The molecule has 6 nitrogen and oxygen atoms in total. The molecule has 0 fully saturated rings. The molecule has 2 aromatic heterocycles. The highest BCUT2D eigenvalue weighted by molar-refractivity contribution is 9.10. The van der Waals surface area contributed by atoms with Crippen molar-refractivity contribution >= 4 is 38.6 Å². The minimum Gasteiger partial charge on any atom is -0.443 e. The van der Waals surface area contributed by atoms with Crippen molar-refractivity contribution in [1.82, 2.24) is 9.55 Å². The molecular formula is C16H14BrN3O3. The van der Waals surface area contributed by atoms with Crippen molar-refractivity contribution in [3.05, 3.63) is 56.7 Å². The van der Waals surface area contributed by atoms with Gasteiger partial charge in [0.1, 0.15) is 24.0 Å². The lowest BCUT2D eigenvalue weighted by atomic mass is 10.2. The number of carbonyl (C=O) groups excluding carboxylic acids is 1. The van der Waals surface area contributed by atoms with Crippen molar-refractivity contribution < 1.29 is 9.21 Å². The molecule has 0 unspecified atom stereocenters. The number of rotatable bonds is 3. The van der Waals surface area contributed by atoms with E-state index in [1.54, 1.807) is 19.9 Å². The predicted octanol–water partition coefficient (Wildman–Crippen LogP) is 3.01. The van der Waals surface area contributed by atoms with E-state index in [0.29, 0.717) is 22.5 Å². The summed E-state index contributed by atoms with van der Waals surface area (Å²) in [5.74, 6) is 0.345. The first-order valence-corrected chi connectivity index (χ1v) is 7.76. The molecule has 0 saturated carbocycles. The van der Waals surface area contributed by atoms with E-state index >= 15 is 0 Å². The standard InChI is InChI=1S/C16H14BrN3O3/c1-9-10(2)23-15-14(9)16(22)20(8-18-15)7-13(21)19-12-6-4-3-5-11(12)17/h3-6,8H,7H2,1-2H3,(H,19,21). The fraction of sp³-hybridized carbons (Fsp3) is 0.188. The van der Waals surface area contributed by atoms with Crippen LogP contribution in [0.2, 0.25) is 0 Å². The number of nitrogens with zero attached hydrogens (tertiary/aromatic N) is 2. The average Bonchev–Trinajstić information content (AvgIpc) is 2.80. The Morgan fingerprint density at radius 2 is 2.09 bits per heavy atom. The average molecular weight is 376 g/mol. The number of hydrogen-bond donors (Lipinski definition) is 1. The first-order chi connectivity index (χ1) is 11.0. The van der Waals surface area contributed by atoms with Gasteiger partial charge in [0, 0.05) is 10.0 Å². The van der Waals surface area contributed by atoms with Crippen LogP contribution in [0.25, 0.3) is 11.1 Å². The maximum absolute atomic E-state index is 12.5. The molecule has 0 radical (unpaired) electrons. The van der Waals surface area contributed by atoms with Crippen LogP contribution in [0.5, 0.6) is 0 Å². The van der Waals surface area contributed by atoms with Gasteiger partial charge >= 0.3 is 0 Å². The third-order valence-electron chi connectivity index (χ3n) is 3.62. The van der Waals surface area contributed by atoms with Crippen molar-refractivity contribution in [3.63, 3.8) is 0 Å². The Kier molecular flexibility index (Phi) is 4.04. The summed E-state index contributed by atoms with van der Waals surface area (Å²) in [5.41, 5.74) is 1.41. The van der Waals surface area contributed by atoms with E-state index in [1.807, 2.05) is 18.2 Å². The maximum Gasteiger partial charge on any atom is 0.265 e. The van der Waals surface area contributed by atoms with Crippen LogP contribution in [-0.4, -0.2) is 15.5 Å². The summed E-state index contributed by atoms with van der Waals surface area (Å²) in [6.07, 6.45) is 1.33. The van der Waals surface area contributed by atoms with E-state index in [-0.39, 0.29) is 18.0 Å². The molecule has 0 aliphatic rings. The van der Waals surface area contributed by atoms with Crippen LogP contribution < -0.4 is 10.9 Å². The highest BCUT2D eigenvalue weighted by Gasteiger charge is 2.15. The molecule has 1 aromatic carbocycles. The largest absolute Gasteiger partial charge is 0.443 e. The summed E-state index contributed by atoms with van der Waals surface area (Å²) in [6, 6.07) is 7.27. The quantitative estimate of drug-likeness (QED) is 0.763. The van der Waals surface area contributed by atoms with E-state index in [9.17, 15) is 9.59 Å². The second kappa shape index (κ2) is 6.00. The zero-order valence-electron chi connectivity index (χ0n) is 12.6.